The number of benzene rings is 1. The van der Waals surface area contributed by atoms with Crippen molar-refractivity contribution < 1.29 is 13.9 Å². The largest absolute Gasteiger partial charge is 0.467 e. The van der Waals surface area contributed by atoms with E-state index in [0.717, 1.165) is 0 Å². The summed E-state index contributed by atoms with van der Waals surface area (Å²) < 4.78 is 23.2. The fourth-order valence-corrected chi connectivity index (χ4v) is 2.97. The SMILES string of the molecule is COc1nc(Cl)cc(Cl)n1.COc1nc(Cl)cc(NCCc2c(F)cccc2Cl)n1. The van der Waals surface area contributed by atoms with Gasteiger partial charge in [0.25, 0.3) is 0 Å². The number of halogens is 5. The minimum absolute atomic E-state index is 0.170. The third-order valence-electron chi connectivity index (χ3n) is 3.43. The molecule has 0 saturated carbocycles. The van der Waals surface area contributed by atoms with Gasteiger partial charge in [0, 0.05) is 29.3 Å². The molecule has 2 aromatic heterocycles. The van der Waals surface area contributed by atoms with Gasteiger partial charge in [0.05, 0.1) is 14.2 Å². The first kappa shape index (κ1) is 24.1. The Hall–Kier alpha value is -2.13. The van der Waals surface area contributed by atoms with Crippen molar-refractivity contribution >= 4 is 52.2 Å². The molecule has 0 saturated heterocycles. The number of aromatic nitrogens is 4. The van der Waals surface area contributed by atoms with Crippen molar-refractivity contribution in [3.8, 4) is 12.0 Å². The zero-order chi connectivity index (χ0) is 22.1. The summed E-state index contributed by atoms with van der Waals surface area (Å²) in [6.07, 6.45) is 0.426. The Bertz CT molecular complexity index is 956. The maximum Gasteiger partial charge on any atom is 0.319 e. The topological polar surface area (TPSA) is 82.1 Å². The van der Waals surface area contributed by atoms with Crippen molar-refractivity contribution in [2.75, 3.05) is 26.1 Å². The average molecular weight is 495 g/mol. The number of nitrogens with one attached hydrogen (secondary N) is 1. The van der Waals surface area contributed by atoms with Gasteiger partial charge in [0.15, 0.2) is 0 Å². The van der Waals surface area contributed by atoms with Gasteiger partial charge >= 0.3 is 12.0 Å². The van der Waals surface area contributed by atoms with Crippen LogP contribution in [0.15, 0.2) is 30.3 Å². The van der Waals surface area contributed by atoms with Crippen LogP contribution in [0.4, 0.5) is 10.2 Å². The molecular formula is C18H16Cl4FN5O2. The van der Waals surface area contributed by atoms with E-state index in [-0.39, 0.29) is 33.3 Å². The lowest BCUT2D eigenvalue weighted by atomic mass is 10.1. The van der Waals surface area contributed by atoms with Gasteiger partial charge in [0.2, 0.25) is 0 Å². The van der Waals surface area contributed by atoms with Crippen LogP contribution in [0.3, 0.4) is 0 Å². The van der Waals surface area contributed by atoms with Crippen LogP contribution in [0.1, 0.15) is 5.56 Å². The van der Waals surface area contributed by atoms with E-state index in [1.165, 1.54) is 26.4 Å². The second kappa shape index (κ2) is 11.9. The standard InChI is InChI=1S/C13H12Cl2FN3O.C5H4Cl2N2O/c1-20-13-18-11(15)7-12(19-13)17-6-5-8-9(14)3-2-4-10(8)16;1-10-5-8-3(6)2-4(7)9-5/h2-4,7H,5-6H2,1H3,(H,17,18,19);2H,1H3. The van der Waals surface area contributed by atoms with Gasteiger partial charge in [-0.15, -0.1) is 0 Å². The number of hydrogen-bond acceptors (Lipinski definition) is 7. The number of anilines is 1. The molecule has 12 heteroatoms. The molecule has 30 heavy (non-hydrogen) atoms. The lowest BCUT2D eigenvalue weighted by Crippen LogP contribution is -2.08. The molecule has 7 nitrogen and oxygen atoms in total. The number of methoxy groups -OCH3 is 2. The van der Waals surface area contributed by atoms with Gasteiger partial charge < -0.3 is 14.8 Å². The smallest absolute Gasteiger partial charge is 0.319 e. The number of nitrogens with zero attached hydrogens (tertiary/aromatic N) is 4. The fraction of sp³-hybridized carbons (Fsp3) is 0.222. The van der Waals surface area contributed by atoms with Gasteiger partial charge in [-0.25, -0.2) is 4.39 Å². The van der Waals surface area contributed by atoms with Gasteiger partial charge in [0.1, 0.15) is 27.1 Å². The molecule has 0 unspecified atom stereocenters. The van der Waals surface area contributed by atoms with Gasteiger partial charge in [-0.2, -0.15) is 19.9 Å². The van der Waals surface area contributed by atoms with Crippen molar-refractivity contribution in [2.24, 2.45) is 0 Å². The second-order valence-corrected chi connectivity index (χ2v) is 7.01. The van der Waals surface area contributed by atoms with Gasteiger partial charge in [-0.3, -0.25) is 0 Å². The van der Waals surface area contributed by atoms with E-state index in [9.17, 15) is 4.39 Å². The Morgan fingerprint density at radius 3 is 2.00 bits per heavy atom. The van der Waals surface area contributed by atoms with Crippen LogP contribution < -0.4 is 14.8 Å². The number of ether oxygens (including phenoxy) is 2. The van der Waals surface area contributed by atoms with E-state index >= 15 is 0 Å². The molecular weight excluding hydrogens is 479 g/mol. The molecule has 0 aliphatic rings. The number of rotatable bonds is 6. The molecule has 0 amide bonds. The summed E-state index contributed by atoms with van der Waals surface area (Å²) in [7, 11) is 2.90. The second-order valence-electron chi connectivity index (χ2n) is 5.44. The minimum atomic E-state index is -0.322. The molecule has 0 radical (unpaired) electrons. The fourth-order valence-electron chi connectivity index (χ4n) is 2.13. The molecule has 1 aromatic carbocycles. The zero-order valence-corrected chi connectivity index (χ0v) is 18.8. The van der Waals surface area contributed by atoms with Crippen LogP contribution in [0.5, 0.6) is 12.0 Å². The Kier molecular flexibility index (Phi) is 9.58. The predicted molar refractivity (Wildman–Crippen MR) is 116 cm³/mol. The number of hydrogen-bond donors (Lipinski definition) is 1. The third kappa shape index (κ3) is 7.60. The van der Waals surface area contributed by atoms with Crippen molar-refractivity contribution in [3.05, 3.63) is 62.2 Å². The van der Waals surface area contributed by atoms with Crippen LogP contribution in [-0.4, -0.2) is 40.7 Å². The molecule has 0 fully saturated rings. The maximum atomic E-state index is 13.6. The van der Waals surface area contributed by atoms with E-state index in [1.54, 1.807) is 18.2 Å². The monoisotopic (exact) mass is 493 g/mol. The van der Waals surface area contributed by atoms with Crippen LogP contribution >= 0.6 is 46.4 Å². The van der Waals surface area contributed by atoms with E-state index in [4.69, 9.17) is 51.1 Å². The highest BCUT2D eigenvalue weighted by Gasteiger charge is 2.07. The Morgan fingerprint density at radius 2 is 1.43 bits per heavy atom. The third-order valence-corrected chi connectivity index (χ3v) is 4.36. The first-order valence-corrected chi connectivity index (χ1v) is 9.83. The van der Waals surface area contributed by atoms with Crippen molar-refractivity contribution in [2.45, 2.75) is 6.42 Å². The summed E-state index contributed by atoms with van der Waals surface area (Å²) in [4.78, 5) is 15.3. The first-order valence-electron chi connectivity index (χ1n) is 8.31. The summed E-state index contributed by atoms with van der Waals surface area (Å²) in [5.74, 6) is 0.187. The highest BCUT2D eigenvalue weighted by Crippen LogP contribution is 2.20. The molecule has 0 aliphatic heterocycles. The molecule has 3 aromatic rings. The van der Waals surface area contributed by atoms with Crippen molar-refractivity contribution in [3.63, 3.8) is 0 Å². The highest BCUT2D eigenvalue weighted by atomic mass is 35.5. The van der Waals surface area contributed by atoms with Crippen LogP contribution in [-0.2, 0) is 6.42 Å². The van der Waals surface area contributed by atoms with E-state index in [0.29, 0.717) is 29.4 Å². The Labute approximate surface area is 192 Å². The summed E-state index contributed by atoms with van der Waals surface area (Å²) in [6.45, 7) is 0.456. The molecule has 3 rings (SSSR count). The Balaban J connectivity index is 0.000000269. The Morgan fingerprint density at radius 1 is 0.867 bits per heavy atom. The molecule has 160 valence electrons. The van der Waals surface area contributed by atoms with E-state index in [2.05, 4.69) is 30.0 Å². The van der Waals surface area contributed by atoms with Crippen LogP contribution in [0.2, 0.25) is 20.5 Å². The zero-order valence-electron chi connectivity index (χ0n) is 15.8. The highest BCUT2D eigenvalue weighted by molar-refractivity contribution is 6.33. The summed E-state index contributed by atoms with van der Waals surface area (Å²) in [5, 5.41) is 4.25. The average Bonchev–Trinajstić information content (AvgIpc) is 2.69. The predicted octanol–water partition coefficient (Wildman–Crippen LogP) is 5.38. The summed E-state index contributed by atoms with van der Waals surface area (Å²) >= 11 is 22.8. The van der Waals surface area contributed by atoms with Gasteiger partial charge in [-0.05, 0) is 18.6 Å². The maximum absolute atomic E-state index is 13.6. The van der Waals surface area contributed by atoms with E-state index < -0.39 is 0 Å². The van der Waals surface area contributed by atoms with Crippen LogP contribution in [0, 0.1) is 5.82 Å². The minimum Gasteiger partial charge on any atom is -0.467 e. The molecule has 0 atom stereocenters. The first-order chi connectivity index (χ1) is 14.3. The quantitative estimate of drug-likeness (QED) is 0.460. The van der Waals surface area contributed by atoms with Crippen molar-refractivity contribution in [1.29, 1.82) is 0 Å². The molecule has 0 bridgehead atoms. The summed E-state index contributed by atoms with van der Waals surface area (Å²) in [5.41, 5.74) is 0.466. The van der Waals surface area contributed by atoms with Crippen LogP contribution in [0.25, 0.3) is 0 Å². The van der Waals surface area contributed by atoms with E-state index in [1.807, 2.05) is 0 Å². The molecule has 2 heterocycles. The lowest BCUT2D eigenvalue weighted by Gasteiger charge is -2.09. The normalized spacial score (nSPS) is 10.1. The molecule has 0 spiro atoms. The molecule has 1 N–H and O–H groups in total. The molecule has 0 aliphatic carbocycles. The summed E-state index contributed by atoms with van der Waals surface area (Å²) in [6, 6.07) is 7.96. The van der Waals surface area contributed by atoms with Crippen molar-refractivity contribution in [1.82, 2.24) is 19.9 Å². The van der Waals surface area contributed by atoms with Gasteiger partial charge in [-0.1, -0.05) is 52.5 Å². The lowest BCUT2D eigenvalue weighted by molar-refractivity contribution is 0.380.